The molecule has 0 bridgehead atoms. The zero-order chi connectivity index (χ0) is 15.1. The third-order valence-corrected chi connectivity index (χ3v) is 4.59. The number of hydrogen-bond donors (Lipinski definition) is 3. The van der Waals surface area contributed by atoms with E-state index < -0.39 is 15.9 Å². The van der Waals surface area contributed by atoms with Gasteiger partial charge in [0.1, 0.15) is 4.90 Å². The summed E-state index contributed by atoms with van der Waals surface area (Å²) in [6.07, 6.45) is 2.13. The van der Waals surface area contributed by atoms with Crippen molar-refractivity contribution in [2.24, 2.45) is 10.6 Å². The lowest BCUT2D eigenvalue weighted by molar-refractivity contribution is 0.0937. The second-order valence-electron chi connectivity index (χ2n) is 6.01. The Balaban J connectivity index is 2.29. The van der Waals surface area contributed by atoms with Crippen LogP contribution in [0.3, 0.4) is 0 Å². The summed E-state index contributed by atoms with van der Waals surface area (Å²) < 4.78 is 23.4. The number of aromatic amines is 1. The first kappa shape index (κ1) is 15.0. The molecule has 0 atom stereocenters. The first-order valence-electron chi connectivity index (χ1n) is 6.53. The van der Waals surface area contributed by atoms with Crippen LogP contribution >= 0.6 is 0 Å². The molecule has 0 unspecified atom stereocenters. The first-order chi connectivity index (χ1) is 9.14. The highest BCUT2D eigenvalue weighted by Gasteiger charge is 2.38. The van der Waals surface area contributed by atoms with Crippen LogP contribution in [0.4, 0.5) is 0 Å². The molecule has 20 heavy (non-hydrogen) atoms. The zero-order valence-corrected chi connectivity index (χ0v) is 12.7. The lowest BCUT2D eigenvalue weighted by atomic mass is 10.1. The Hall–Kier alpha value is -1.41. The van der Waals surface area contributed by atoms with E-state index >= 15 is 0 Å². The molecule has 0 aliphatic heterocycles. The van der Waals surface area contributed by atoms with Crippen molar-refractivity contribution in [1.29, 1.82) is 0 Å². The van der Waals surface area contributed by atoms with Crippen LogP contribution in [0, 0.1) is 5.41 Å². The van der Waals surface area contributed by atoms with Crippen molar-refractivity contribution < 1.29 is 13.2 Å². The molecule has 1 aromatic rings. The number of carbonyl (C=O) groups excluding carboxylic acids is 1. The van der Waals surface area contributed by atoms with Crippen molar-refractivity contribution in [3.63, 3.8) is 0 Å². The van der Waals surface area contributed by atoms with E-state index in [9.17, 15) is 13.2 Å². The van der Waals surface area contributed by atoms with Gasteiger partial charge in [-0.15, -0.1) is 0 Å². The molecular weight excluding hydrogens is 280 g/mol. The number of amides is 1. The van der Waals surface area contributed by atoms with Gasteiger partial charge in [-0.25, -0.2) is 13.6 Å². The van der Waals surface area contributed by atoms with Crippen LogP contribution in [0.5, 0.6) is 0 Å². The summed E-state index contributed by atoms with van der Waals surface area (Å²) >= 11 is 0. The minimum Gasteiger partial charge on any atom is -0.350 e. The second-order valence-corrected chi connectivity index (χ2v) is 7.51. The molecule has 7 nitrogen and oxygen atoms in total. The van der Waals surface area contributed by atoms with Gasteiger partial charge in [0.05, 0.1) is 5.69 Å². The molecule has 2 rings (SSSR count). The number of carbonyl (C=O) groups is 1. The lowest BCUT2D eigenvalue weighted by Crippen LogP contribution is -2.31. The topological polar surface area (TPSA) is 118 Å². The van der Waals surface area contributed by atoms with E-state index in [0.29, 0.717) is 12.2 Å². The number of nitrogens with two attached hydrogens (primary N) is 1. The van der Waals surface area contributed by atoms with Crippen molar-refractivity contribution in [2.45, 2.75) is 44.4 Å². The van der Waals surface area contributed by atoms with Gasteiger partial charge in [0.25, 0.3) is 5.91 Å². The van der Waals surface area contributed by atoms with Crippen molar-refractivity contribution in [2.75, 3.05) is 6.54 Å². The SMILES string of the molecule is CC(C)c1[nH]nc(C(=O)NCC2(C)CC2)c1S(N)(=O)=O. The number of nitrogens with one attached hydrogen (secondary N) is 2. The Morgan fingerprint density at radius 1 is 1.50 bits per heavy atom. The van der Waals surface area contributed by atoms with Crippen LogP contribution in [-0.4, -0.2) is 31.1 Å². The van der Waals surface area contributed by atoms with E-state index in [0.717, 1.165) is 12.8 Å². The molecule has 1 aliphatic carbocycles. The van der Waals surface area contributed by atoms with Crippen molar-refractivity contribution in [1.82, 2.24) is 15.5 Å². The van der Waals surface area contributed by atoms with Crippen LogP contribution in [0.1, 0.15) is 55.7 Å². The standard InChI is InChI=1S/C12H20N4O3S/c1-7(2)8-10(20(13,18)19)9(16-15-8)11(17)14-6-12(3)4-5-12/h7H,4-6H2,1-3H3,(H,14,17)(H,15,16)(H2,13,18,19). The molecule has 8 heteroatoms. The molecule has 0 spiro atoms. The van der Waals surface area contributed by atoms with Crippen LogP contribution in [0.2, 0.25) is 0 Å². The summed E-state index contributed by atoms with van der Waals surface area (Å²) in [7, 11) is -4.00. The minimum atomic E-state index is -4.00. The molecule has 1 aliphatic rings. The van der Waals surface area contributed by atoms with Crippen molar-refractivity contribution in [3.05, 3.63) is 11.4 Å². The predicted molar refractivity (Wildman–Crippen MR) is 73.7 cm³/mol. The Kier molecular flexibility index (Phi) is 3.64. The highest BCUT2D eigenvalue weighted by molar-refractivity contribution is 7.89. The summed E-state index contributed by atoms with van der Waals surface area (Å²) in [5, 5.41) is 14.4. The molecule has 0 aromatic carbocycles. The third-order valence-electron chi connectivity index (χ3n) is 3.60. The van der Waals surface area contributed by atoms with Gasteiger partial charge in [-0.05, 0) is 24.2 Å². The number of primary sulfonamides is 1. The highest BCUT2D eigenvalue weighted by atomic mass is 32.2. The van der Waals surface area contributed by atoms with E-state index in [2.05, 4.69) is 22.4 Å². The largest absolute Gasteiger partial charge is 0.350 e. The van der Waals surface area contributed by atoms with E-state index in [1.165, 1.54) is 0 Å². The summed E-state index contributed by atoms with van der Waals surface area (Å²) in [6, 6.07) is 0. The van der Waals surface area contributed by atoms with Crippen LogP contribution < -0.4 is 10.5 Å². The number of rotatable bonds is 5. The number of nitrogens with zero attached hydrogens (tertiary/aromatic N) is 1. The van der Waals surface area contributed by atoms with Gasteiger partial charge in [0.15, 0.2) is 5.69 Å². The van der Waals surface area contributed by atoms with Gasteiger partial charge < -0.3 is 5.32 Å². The average Bonchev–Trinajstić information content (AvgIpc) is 2.90. The monoisotopic (exact) mass is 300 g/mol. The molecule has 112 valence electrons. The maximum atomic E-state index is 12.1. The van der Waals surface area contributed by atoms with Gasteiger partial charge in [0.2, 0.25) is 10.0 Å². The summed E-state index contributed by atoms with van der Waals surface area (Å²) in [5.41, 5.74) is 0.338. The van der Waals surface area contributed by atoms with E-state index in [4.69, 9.17) is 5.14 Å². The first-order valence-corrected chi connectivity index (χ1v) is 8.08. The molecular formula is C12H20N4O3S. The Morgan fingerprint density at radius 2 is 2.10 bits per heavy atom. The maximum Gasteiger partial charge on any atom is 0.273 e. The van der Waals surface area contributed by atoms with E-state index in [1.54, 1.807) is 13.8 Å². The number of hydrogen-bond acceptors (Lipinski definition) is 4. The summed E-state index contributed by atoms with van der Waals surface area (Å²) in [6.45, 7) is 6.18. The fraction of sp³-hybridized carbons (Fsp3) is 0.667. The van der Waals surface area contributed by atoms with E-state index in [-0.39, 0.29) is 21.9 Å². The second kappa shape index (κ2) is 4.85. The Labute approximate surface area is 118 Å². The number of aromatic nitrogens is 2. The smallest absolute Gasteiger partial charge is 0.273 e. The Morgan fingerprint density at radius 3 is 2.55 bits per heavy atom. The molecule has 4 N–H and O–H groups in total. The molecule has 0 radical (unpaired) electrons. The quantitative estimate of drug-likeness (QED) is 0.742. The predicted octanol–water partition coefficient (Wildman–Crippen LogP) is 0.710. The molecule has 1 saturated carbocycles. The Bertz CT molecular complexity index is 629. The summed E-state index contributed by atoms with van der Waals surface area (Å²) in [5.74, 6) is -0.636. The molecule has 1 amide bonds. The zero-order valence-electron chi connectivity index (χ0n) is 11.9. The van der Waals surface area contributed by atoms with Crippen molar-refractivity contribution in [3.8, 4) is 0 Å². The number of H-pyrrole nitrogens is 1. The fourth-order valence-corrected chi connectivity index (χ4v) is 2.94. The minimum absolute atomic E-state index is 0.127. The van der Waals surface area contributed by atoms with Gasteiger partial charge in [-0.1, -0.05) is 20.8 Å². The molecule has 1 aromatic heterocycles. The van der Waals surface area contributed by atoms with Gasteiger partial charge in [0, 0.05) is 6.54 Å². The lowest BCUT2D eigenvalue weighted by Gasteiger charge is -2.10. The van der Waals surface area contributed by atoms with Gasteiger partial charge in [-0.3, -0.25) is 9.89 Å². The third kappa shape index (κ3) is 3.01. The molecule has 0 saturated heterocycles. The number of sulfonamides is 1. The van der Waals surface area contributed by atoms with Gasteiger partial charge >= 0.3 is 0 Å². The summed E-state index contributed by atoms with van der Waals surface area (Å²) in [4.78, 5) is 11.9. The maximum absolute atomic E-state index is 12.1. The molecule has 1 fully saturated rings. The highest BCUT2D eigenvalue weighted by Crippen LogP contribution is 2.44. The van der Waals surface area contributed by atoms with Crippen molar-refractivity contribution >= 4 is 15.9 Å². The average molecular weight is 300 g/mol. The molecule has 1 heterocycles. The normalized spacial score (nSPS) is 17.2. The fourth-order valence-electron chi connectivity index (χ4n) is 1.95. The van der Waals surface area contributed by atoms with Gasteiger partial charge in [-0.2, -0.15) is 5.10 Å². The van der Waals surface area contributed by atoms with Crippen LogP contribution in [-0.2, 0) is 10.0 Å². The van der Waals surface area contributed by atoms with Crippen LogP contribution in [0.15, 0.2) is 4.90 Å². The van der Waals surface area contributed by atoms with Crippen LogP contribution in [0.25, 0.3) is 0 Å². The van der Waals surface area contributed by atoms with E-state index in [1.807, 2.05) is 0 Å².